The molecular formula is C17H20O4. The highest BCUT2D eigenvalue weighted by Gasteiger charge is 2.40. The highest BCUT2D eigenvalue weighted by atomic mass is 16.5. The smallest absolute Gasteiger partial charge is 0.207 e. The maximum absolute atomic E-state index is 12.4. The van der Waals surface area contributed by atoms with Crippen LogP contribution in [0.3, 0.4) is 0 Å². The van der Waals surface area contributed by atoms with E-state index in [4.69, 9.17) is 9.47 Å². The molecule has 0 radical (unpaired) electrons. The molecule has 3 unspecified atom stereocenters. The fourth-order valence-electron chi connectivity index (χ4n) is 2.94. The van der Waals surface area contributed by atoms with Gasteiger partial charge in [-0.15, -0.1) is 0 Å². The van der Waals surface area contributed by atoms with Crippen LogP contribution >= 0.6 is 0 Å². The SMILES string of the molecule is CCc1ccc(OC2=COC3CC(O)CCC3C2=O)cc1. The van der Waals surface area contributed by atoms with Gasteiger partial charge in [0.15, 0.2) is 0 Å². The van der Waals surface area contributed by atoms with Gasteiger partial charge in [0.2, 0.25) is 11.5 Å². The van der Waals surface area contributed by atoms with Gasteiger partial charge in [-0.05, 0) is 37.0 Å². The highest BCUT2D eigenvalue weighted by molar-refractivity contribution is 5.96. The Balaban J connectivity index is 1.72. The molecule has 3 rings (SSSR count). The Morgan fingerprint density at radius 3 is 2.76 bits per heavy atom. The predicted octanol–water partition coefficient (Wildman–Crippen LogP) is 2.60. The first-order valence-electron chi connectivity index (χ1n) is 7.52. The van der Waals surface area contributed by atoms with E-state index in [0.29, 0.717) is 25.0 Å². The lowest BCUT2D eigenvalue weighted by Crippen LogP contribution is -2.41. The topological polar surface area (TPSA) is 55.8 Å². The van der Waals surface area contributed by atoms with Crippen molar-refractivity contribution in [3.8, 4) is 5.75 Å². The third-order valence-corrected chi connectivity index (χ3v) is 4.25. The fourth-order valence-corrected chi connectivity index (χ4v) is 2.94. The minimum atomic E-state index is -0.364. The second kappa shape index (κ2) is 5.90. The van der Waals surface area contributed by atoms with Crippen molar-refractivity contribution in [1.82, 2.24) is 0 Å². The van der Waals surface area contributed by atoms with Gasteiger partial charge in [0, 0.05) is 6.42 Å². The van der Waals surface area contributed by atoms with Crippen molar-refractivity contribution < 1.29 is 19.4 Å². The Kier molecular flexibility index (Phi) is 3.97. The number of carbonyl (C=O) groups is 1. The van der Waals surface area contributed by atoms with Gasteiger partial charge in [0.25, 0.3) is 0 Å². The molecule has 1 aliphatic carbocycles. The van der Waals surface area contributed by atoms with Gasteiger partial charge < -0.3 is 14.6 Å². The Labute approximate surface area is 124 Å². The molecule has 2 aliphatic rings. The van der Waals surface area contributed by atoms with Crippen LogP contribution in [-0.4, -0.2) is 23.1 Å². The first-order valence-corrected chi connectivity index (χ1v) is 7.52. The zero-order valence-corrected chi connectivity index (χ0v) is 12.1. The van der Waals surface area contributed by atoms with Gasteiger partial charge in [0.1, 0.15) is 18.1 Å². The number of carbonyl (C=O) groups excluding carboxylic acids is 1. The molecule has 1 aromatic carbocycles. The molecule has 1 heterocycles. The molecule has 0 aromatic heterocycles. The van der Waals surface area contributed by atoms with Crippen LogP contribution in [0.5, 0.6) is 5.75 Å². The van der Waals surface area contributed by atoms with Gasteiger partial charge in [0.05, 0.1) is 12.0 Å². The quantitative estimate of drug-likeness (QED) is 0.929. The van der Waals surface area contributed by atoms with E-state index in [1.807, 2.05) is 24.3 Å². The van der Waals surface area contributed by atoms with Crippen molar-refractivity contribution in [3.05, 3.63) is 41.9 Å². The van der Waals surface area contributed by atoms with E-state index in [2.05, 4.69) is 6.92 Å². The number of aliphatic hydroxyl groups excluding tert-OH is 1. The van der Waals surface area contributed by atoms with Gasteiger partial charge in [-0.25, -0.2) is 0 Å². The van der Waals surface area contributed by atoms with Crippen LogP contribution in [0.25, 0.3) is 0 Å². The van der Waals surface area contributed by atoms with Gasteiger partial charge in [-0.2, -0.15) is 0 Å². The highest BCUT2D eigenvalue weighted by Crippen LogP contribution is 2.33. The van der Waals surface area contributed by atoms with Crippen molar-refractivity contribution in [2.24, 2.45) is 5.92 Å². The zero-order chi connectivity index (χ0) is 14.8. The summed E-state index contributed by atoms with van der Waals surface area (Å²) in [4.78, 5) is 12.4. The second-order valence-electron chi connectivity index (χ2n) is 5.69. The minimum absolute atomic E-state index is 0.0160. The van der Waals surface area contributed by atoms with Gasteiger partial charge in [-0.1, -0.05) is 19.1 Å². The van der Waals surface area contributed by atoms with E-state index in [-0.39, 0.29) is 29.7 Å². The summed E-state index contributed by atoms with van der Waals surface area (Å²) in [5.74, 6) is 0.697. The molecule has 112 valence electrons. The van der Waals surface area contributed by atoms with Crippen molar-refractivity contribution in [3.63, 3.8) is 0 Å². The number of hydrogen-bond donors (Lipinski definition) is 1. The number of ketones is 1. The van der Waals surface area contributed by atoms with Crippen LogP contribution in [0.1, 0.15) is 31.7 Å². The summed E-state index contributed by atoms with van der Waals surface area (Å²) in [5, 5.41) is 9.64. The normalized spacial score (nSPS) is 28.4. The summed E-state index contributed by atoms with van der Waals surface area (Å²) in [5.41, 5.74) is 1.23. The summed E-state index contributed by atoms with van der Waals surface area (Å²) >= 11 is 0. The first-order chi connectivity index (χ1) is 10.2. The average molecular weight is 288 g/mol. The molecule has 1 N–H and O–H groups in total. The van der Waals surface area contributed by atoms with E-state index in [9.17, 15) is 9.90 Å². The van der Waals surface area contributed by atoms with E-state index in [0.717, 1.165) is 6.42 Å². The monoisotopic (exact) mass is 288 g/mol. The standard InChI is InChI=1S/C17H20O4/c1-2-11-3-6-13(7-4-11)21-16-10-20-15-9-12(18)5-8-14(15)17(16)19/h3-4,6-7,10,12,14-15,18H,2,5,8-9H2,1H3. The van der Waals surface area contributed by atoms with Crippen LogP contribution in [0, 0.1) is 5.92 Å². The van der Waals surface area contributed by atoms with E-state index < -0.39 is 0 Å². The number of Topliss-reactive ketones (excluding diaryl/α,β-unsaturated/α-hetero) is 1. The summed E-state index contributed by atoms with van der Waals surface area (Å²) in [6.45, 7) is 2.09. The van der Waals surface area contributed by atoms with Crippen LogP contribution in [-0.2, 0) is 16.0 Å². The van der Waals surface area contributed by atoms with Crippen LogP contribution in [0.4, 0.5) is 0 Å². The number of aryl methyl sites for hydroxylation is 1. The molecular weight excluding hydrogens is 268 g/mol. The van der Waals surface area contributed by atoms with Crippen LogP contribution in [0.15, 0.2) is 36.3 Å². The molecule has 1 aromatic rings. The molecule has 0 spiro atoms. The Morgan fingerprint density at radius 1 is 1.29 bits per heavy atom. The molecule has 21 heavy (non-hydrogen) atoms. The van der Waals surface area contributed by atoms with Crippen LogP contribution in [0.2, 0.25) is 0 Å². The lowest BCUT2D eigenvalue weighted by molar-refractivity contribution is -0.132. The van der Waals surface area contributed by atoms with Crippen molar-refractivity contribution in [2.75, 3.05) is 0 Å². The van der Waals surface area contributed by atoms with E-state index >= 15 is 0 Å². The maximum Gasteiger partial charge on any atom is 0.207 e. The van der Waals surface area contributed by atoms with Gasteiger partial charge in [-0.3, -0.25) is 4.79 Å². The molecule has 0 saturated heterocycles. The summed E-state index contributed by atoms with van der Waals surface area (Å²) in [6, 6.07) is 7.71. The summed E-state index contributed by atoms with van der Waals surface area (Å²) < 4.78 is 11.3. The lowest BCUT2D eigenvalue weighted by atomic mass is 9.80. The molecule has 1 fully saturated rings. The molecule has 4 nitrogen and oxygen atoms in total. The van der Waals surface area contributed by atoms with E-state index in [1.165, 1.54) is 11.8 Å². The maximum atomic E-state index is 12.4. The Hall–Kier alpha value is -1.81. The van der Waals surface area contributed by atoms with Crippen molar-refractivity contribution in [2.45, 2.75) is 44.8 Å². The number of allylic oxidation sites excluding steroid dienone is 1. The molecule has 1 saturated carbocycles. The number of hydrogen-bond acceptors (Lipinski definition) is 4. The molecule has 4 heteroatoms. The van der Waals surface area contributed by atoms with Crippen LogP contribution < -0.4 is 4.74 Å². The van der Waals surface area contributed by atoms with Crippen molar-refractivity contribution in [1.29, 1.82) is 0 Å². The second-order valence-corrected chi connectivity index (χ2v) is 5.69. The number of benzene rings is 1. The fraction of sp³-hybridized carbons (Fsp3) is 0.471. The molecule has 1 aliphatic heterocycles. The lowest BCUT2D eigenvalue weighted by Gasteiger charge is -2.35. The predicted molar refractivity (Wildman–Crippen MR) is 77.8 cm³/mol. The Morgan fingerprint density at radius 2 is 2.05 bits per heavy atom. The average Bonchev–Trinajstić information content (AvgIpc) is 2.51. The van der Waals surface area contributed by atoms with Crippen molar-refractivity contribution >= 4 is 5.78 Å². The summed E-state index contributed by atoms with van der Waals surface area (Å²) in [6.07, 6.45) is 3.61. The number of aliphatic hydroxyl groups is 1. The molecule has 3 atom stereocenters. The number of ether oxygens (including phenoxy) is 2. The molecule has 0 bridgehead atoms. The first kappa shape index (κ1) is 14.1. The zero-order valence-electron chi connectivity index (χ0n) is 12.1. The largest absolute Gasteiger partial charge is 0.493 e. The summed E-state index contributed by atoms with van der Waals surface area (Å²) in [7, 11) is 0. The number of rotatable bonds is 3. The van der Waals surface area contributed by atoms with Gasteiger partial charge >= 0.3 is 0 Å². The minimum Gasteiger partial charge on any atom is -0.493 e. The Bertz CT molecular complexity index is 546. The number of fused-ring (bicyclic) bond motifs is 1. The van der Waals surface area contributed by atoms with E-state index in [1.54, 1.807) is 0 Å². The molecule has 0 amide bonds. The third-order valence-electron chi connectivity index (χ3n) is 4.25. The third kappa shape index (κ3) is 2.95.